The van der Waals surface area contributed by atoms with Crippen LogP contribution >= 0.6 is 0 Å². The van der Waals surface area contributed by atoms with Crippen LogP contribution in [0.4, 0.5) is 0 Å². The van der Waals surface area contributed by atoms with Gasteiger partial charge in [0.1, 0.15) is 0 Å². The first-order chi connectivity index (χ1) is 2.00. The molecule has 0 rings (SSSR count). The van der Waals surface area contributed by atoms with E-state index in [0.717, 1.165) is 0 Å². The van der Waals surface area contributed by atoms with Gasteiger partial charge < -0.3 is 0 Å². The van der Waals surface area contributed by atoms with Gasteiger partial charge in [-0.05, 0) is 0 Å². The minimum absolute atomic E-state index is 0. The molecule has 0 aromatic heterocycles. The first-order valence-corrected chi connectivity index (χ1v) is 2.10. The van der Waals surface area contributed by atoms with E-state index in [2.05, 4.69) is 0 Å². The second kappa shape index (κ2) is 5.40. The molecule has 0 unspecified atom stereocenters. The number of hydrogen-bond donors (Lipinski definition) is 2. The van der Waals surface area contributed by atoms with Crippen molar-refractivity contribution in [3.8, 4) is 0 Å². The molecule has 0 saturated carbocycles. The van der Waals surface area contributed by atoms with Gasteiger partial charge in [0.15, 0.2) is 0 Å². The van der Waals surface area contributed by atoms with E-state index in [9.17, 15) is 0 Å². The van der Waals surface area contributed by atoms with E-state index in [1.165, 1.54) is 0 Å². The number of hydrogen-bond acceptors (Lipinski definition) is 2. The van der Waals surface area contributed by atoms with Crippen LogP contribution in [0, 0.1) is 0 Å². The van der Waals surface area contributed by atoms with E-state index in [1.807, 2.05) is 0 Å². The Labute approximate surface area is 70.5 Å². The molecule has 0 spiro atoms. The molecule has 4 nitrogen and oxygen atoms in total. The van der Waals surface area contributed by atoms with Crippen LogP contribution in [0.5, 0.6) is 0 Å². The summed E-state index contributed by atoms with van der Waals surface area (Å²) in [5, 5.41) is 0. The molecule has 2 N–H and O–H groups in total. The predicted octanol–water partition coefficient (Wildman–Crippen LogP) is -1.84. The van der Waals surface area contributed by atoms with E-state index >= 15 is 0 Å². The van der Waals surface area contributed by atoms with Gasteiger partial charge in [0.25, 0.3) is 0 Å². The van der Waals surface area contributed by atoms with E-state index in [0.29, 0.717) is 0 Å². The van der Waals surface area contributed by atoms with E-state index in [1.54, 1.807) is 0 Å². The van der Waals surface area contributed by atoms with Crippen LogP contribution in [0.2, 0.25) is 0 Å². The average molecular weight is 272 g/mol. The first kappa shape index (κ1) is 15.7. The summed E-state index contributed by atoms with van der Waals surface area (Å²) in [7, 11) is -4.67. The summed E-state index contributed by atoms with van der Waals surface area (Å²) in [6.45, 7) is 0. The fraction of sp³-hybridized carbons (Fsp3) is 0. The third kappa shape index (κ3) is 127. The van der Waals surface area contributed by atoms with E-state index in [4.69, 9.17) is 17.5 Å². The average Bonchev–Trinajstić information content (AvgIpc) is 0.722. The fourth-order valence-electron chi connectivity index (χ4n) is 0. The Hall–Kier alpha value is 1.26. The molecule has 0 radical (unpaired) electrons. The summed E-state index contributed by atoms with van der Waals surface area (Å²) in [6, 6.07) is 0. The molecule has 0 aromatic rings. The molecule has 0 aliphatic heterocycles. The fourth-order valence-corrected chi connectivity index (χ4v) is 0. The van der Waals surface area contributed by atoms with Gasteiger partial charge in [-0.15, -0.1) is 0 Å². The molecule has 7 heteroatoms. The topological polar surface area (TPSA) is 74.6 Å². The quantitative estimate of drug-likeness (QED) is 0.401. The standard InChI is InChI=1S/Fe.In.H2O4S.3H/c;;1-5(2,3)4;;;/h;;(H2,1,2,3,4);;;. The van der Waals surface area contributed by atoms with Gasteiger partial charge in [-0.25, -0.2) is 0 Å². The van der Waals surface area contributed by atoms with Crippen LogP contribution in [0.3, 0.4) is 0 Å². The third-order valence-electron chi connectivity index (χ3n) is 0. The summed E-state index contributed by atoms with van der Waals surface area (Å²) in [5.41, 5.74) is 0. The number of rotatable bonds is 0. The second-order valence-corrected chi connectivity index (χ2v) is 1.34. The van der Waals surface area contributed by atoms with Gasteiger partial charge >= 0.3 is 36.2 Å². The molecular weight excluding hydrogens is 267 g/mol. The normalized spacial score (nSPS) is 8.29. The zero-order valence-corrected chi connectivity index (χ0v) is 4.39. The van der Waals surface area contributed by atoms with Crippen LogP contribution < -0.4 is 0 Å². The summed E-state index contributed by atoms with van der Waals surface area (Å²) in [6.07, 6.45) is 0. The molecule has 0 bridgehead atoms. The molecule has 46 valence electrons. The van der Waals surface area contributed by atoms with E-state index < -0.39 is 10.4 Å². The van der Waals surface area contributed by atoms with Crippen molar-refractivity contribution < 1.29 is 34.6 Å². The van der Waals surface area contributed by atoms with Crippen LogP contribution in [0.1, 0.15) is 0 Å². The Morgan fingerprint density at radius 2 is 1.14 bits per heavy atom. The van der Waals surface area contributed by atoms with Gasteiger partial charge in [0, 0.05) is 17.1 Å². The molecular formula is H5FeInO4S. The van der Waals surface area contributed by atoms with Crippen LogP contribution in [0.15, 0.2) is 0 Å². The zero-order valence-electron chi connectivity index (χ0n) is 2.47. The first-order valence-electron chi connectivity index (χ1n) is 0.698. The Bertz CT molecular complexity index is 94.9. The third-order valence-corrected chi connectivity index (χ3v) is 0. The summed E-state index contributed by atoms with van der Waals surface area (Å²) < 4.78 is 31.6. The predicted molar refractivity (Wildman–Crippen MR) is 24.1 cm³/mol. The van der Waals surface area contributed by atoms with Crippen LogP contribution in [-0.4, -0.2) is 43.4 Å². The maximum atomic E-state index is 8.74. The molecule has 0 amide bonds. The van der Waals surface area contributed by atoms with Crippen molar-refractivity contribution in [3.63, 3.8) is 0 Å². The molecule has 0 fully saturated rings. The van der Waals surface area contributed by atoms with Crippen molar-refractivity contribution in [2.75, 3.05) is 0 Å². The van der Waals surface area contributed by atoms with Crippen LogP contribution in [-0.2, 0) is 27.5 Å². The summed E-state index contributed by atoms with van der Waals surface area (Å²) in [5.74, 6) is 0. The monoisotopic (exact) mass is 272 g/mol. The summed E-state index contributed by atoms with van der Waals surface area (Å²) >= 11 is 0. The molecule has 0 aliphatic carbocycles. The second-order valence-electron chi connectivity index (χ2n) is 0.448. The Balaban J connectivity index is -0.0000000800. The van der Waals surface area contributed by atoms with Gasteiger partial charge in [-0.3, -0.25) is 9.11 Å². The van der Waals surface area contributed by atoms with Gasteiger partial charge in [-0.2, -0.15) is 8.42 Å². The molecule has 0 saturated heterocycles. The van der Waals surface area contributed by atoms with Crippen molar-refractivity contribution in [1.82, 2.24) is 0 Å². The molecule has 0 aliphatic rings. The molecule has 0 atom stereocenters. The van der Waals surface area contributed by atoms with Crippen molar-refractivity contribution >= 4 is 36.2 Å². The Kier molecular flexibility index (Phi) is 12.1. The van der Waals surface area contributed by atoms with Crippen molar-refractivity contribution in [2.24, 2.45) is 0 Å². The maximum absolute atomic E-state index is 8.74. The molecule has 0 aromatic carbocycles. The SMILES string of the molecule is O=S(=O)(O)O.[Fe].[InH3]. The van der Waals surface area contributed by atoms with Gasteiger partial charge in [-0.1, -0.05) is 0 Å². The molecule has 7 heavy (non-hydrogen) atoms. The van der Waals surface area contributed by atoms with Crippen molar-refractivity contribution in [1.29, 1.82) is 0 Å². The van der Waals surface area contributed by atoms with Gasteiger partial charge in [0.2, 0.25) is 0 Å². The Morgan fingerprint density at radius 3 is 1.14 bits per heavy atom. The van der Waals surface area contributed by atoms with Crippen molar-refractivity contribution in [2.45, 2.75) is 0 Å². The van der Waals surface area contributed by atoms with Crippen LogP contribution in [0.25, 0.3) is 0 Å². The molecule has 0 heterocycles. The summed E-state index contributed by atoms with van der Waals surface area (Å²) in [4.78, 5) is 0. The zero-order chi connectivity index (χ0) is 4.50. The van der Waals surface area contributed by atoms with E-state index in [-0.39, 0.29) is 42.9 Å². The minimum atomic E-state index is -4.67. The Morgan fingerprint density at radius 1 is 1.14 bits per heavy atom. The van der Waals surface area contributed by atoms with Crippen molar-refractivity contribution in [3.05, 3.63) is 0 Å². The van der Waals surface area contributed by atoms with Gasteiger partial charge in [0.05, 0.1) is 0 Å².